The summed E-state index contributed by atoms with van der Waals surface area (Å²) in [6.45, 7) is 3.42. The van der Waals surface area contributed by atoms with Crippen LogP contribution in [0.1, 0.15) is 27.2 Å². The highest BCUT2D eigenvalue weighted by Crippen LogP contribution is 2.19. The Morgan fingerprint density at radius 2 is 2.00 bits per heavy atom. The molecule has 0 aliphatic carbocycles. The van der Waals surface area contributed by atoms with Gasteiger partial charge in [-0.2, -0.15) is 0 Å². The number of benzene rings is 1. The van der Waals surface area contributed by atoms with E-state index in [1.54, 1.807) is 27.0 Å². The van der Waals surface area contributed by atoms with E-state index in [-0.39, 0.29) is 10.7 Å². The number of hydrogen-bond donors (Lipinski definition) is 1. The van der Waals surface area contributed by atoms with Gasteiger partial charge >= 0.3 is 5.97 Å². The molecule has 2 rings (SSSR count). The molecule has 1 heterocycles. The Kier molecular flexibility index (Phi) is 6.36. The average molecular weight is 363 g/mol. The molecule has 1 aromatic heterocycles. The highest BCUT2D eigenvalue weighted by atomic mass is 35.5. The SMILES string of the molecule is COc1cccc(CNC(=O)COC(=O)c2c(C)cc(C)nc2Cl)c1. The van der Waals surface area contributed by atoms with E-state index in [0.717, 1.165) is 5.56 Å². The minimum atomic E-state index is -0.675. The molecule has 1 N–H and O–H groups in total. The first kappa shape index (κ1) is 18.7. The summed E-state index contributed by atoms with van der Waals surface area (Å²) < 4.78 is 10.1. The largest absolute Gasteiger partial charge is 0.497 e. The van der Waals surface area contributed by atoms with Gasteiger partial charge in [0.25, 0.3) is 5.91 Å². The van der Waals surface area contributed by atoms with E-state index in [2.05, 4.69) is 10.3 Å². The molecule has 6 nitrogen and oxygen atoms in total. The maximum absolute atomic E-state index is 12.1. The van der Waals surface area contributed by atoms with Crippen molar-refractivity contribution < 1.29 is 19.1 Å². The van der Waals surface area contributed by atoms with Crippen LogP contribution < -0.4 is 10.1 Å². The Morgan fingerprint density at radius 3 is 2.68 bits per heavy atom. The highest BCUT2D eigenvalue weighted by molar-refractivity contribution is 6.32. The van der Waals surface area contributed by atoms with Crippen LogP contribution in [0.3, 0.4) is 0 Å². The number of rotatable bonds is 6. The number of esters is 1. The van der Waals surface area contributed by atoms with Crippen molar-refractivity contribution in [2.24, 2.45) is 0 Å². The number of carbonyl (C=O) groups excluding carboxylic acids is 2. The highest BCUT2D eigenvalue weighted by Gasteiger charge is 2.18. The Balaban J connectivity index is 1.88. The molecule has 0 bridgehead atoms. The van der Waals surface area contributed by atoms with Crippen molar-refractivity contribution in [3.63, 3.8) is 0 Å². The lowest BCUT2D eigenvalue weighted by molar-refractivity contribution is -0.124. The van der Waals surface area contributed by atoms with Gasteiger partial charge in [-0.15, -0.1) is 0 Å². The average Bonchev–Trinajstić information content (AvgIpc) is 2.57. The molecule has 0 atom stereocenters. The molecule has 7 heteroatoms. The summed E-state index contributed by atoms with van der Waals surface area (Å²) in [5, 5.41) is 2.74. The molecule has 1 amide bonds. The van der Waals surface area contributed by atoms with Gasteiger partial charge in [-0.1, -0.05) is 23.7 Å². The second kappa shape index (κ2) is 8.48. The second-order valence-corrected chi connectivity index (χ2v) is 5.81. The zero-order valence-electron chi connectivity index (χ0n) is 14.3. The summed E-state index contributed by atoms with van der Waals surface area (Å²) in [7, 11) is 1.57. The standard InChI is InChI=1S/C18H19ClN2O4/c1-11-7-12(2)21-17(19)16(11)18(23)25-10-15(22)20-9-13-5-4-6-14(8-13)24-3/h4-8H,9-10H2,1-3H3,(H,20,22). The van der Waals surface area contributed by atoms with Crippen molar-refractivity contribution in [1.82, 2.24) is 10.3 Å². The van der Waals surface area contributed by atoms with Crippen LogP contribution in [0, 0.1) is 13.8 Å². The quantitative estimate of drug-likeness (QED) is 0.631. The summed E-state index contributed by atoms with van der Waals surface area (Å²) in [5.74, 6) is -0.383. The molecule has 0 saturated heterocycles. The number of pyridine rings is 1. The van der Waals surface area contributed by atoms with Crippen LogP contribution >= 0.6 is 11.6 Å². The zero-order chi connectivity index (χ0) is 18.4. The number of ether oxygens (including phenoxy) is 2. The number of carbonyl (C=O) groups is 2. The van der Waals surface area contributed by atoms with Gasteiger partial charge < -0.3 is 14.8 Å². The van der Waals surface area contributed by atoms with Crippen LogP contribution in [0.25, 0.3) is 0 Å². The second-order valence-electron chi connectivity index (χ2n) is 5.45. The van der Waals surface area contributed by atoms with Gasteiger partial charge in [0, 0.05) is 12.2 Å². The maximum Gasteiger partial charge on any atom is 0.342 e. The number of nitrogens with zero attached hydrogens (tertiary/aromatic N) is 1. The van der Waals surface area contributed by atoms with E-state index in [1.807, 2.05) is 24.3 Å². The van der Waals surface area contributed by atoms with Gasteiger partial charge in [-0.05, 0) is 43.2 Å². The minimum Gasteiger partial charge on any atom is -0.497 e. The fourth-order valence-corrected chi connectivity index (χ4v) is 2.63. The normalized spacial score (nSPS) is 10.2. The van der Waals surface area contributed by atoms with Crippen LogP contribution in [-0.4, -0.2) is 30.6 Å². The Hall–Kier alpha value is -2.60. The summed E-state index contributed by atoms with van der Waals surface area (Å²) in [6.07, 6.45) is 0. The maximum atomic E-state index is 12.1. The Bertz CT molecular complexity index is 769. The van der Waals surface area contributed by atoms with Crippen molar-refractivity contribution in [1.29, 1.82) is 0 Å². The van der Waals surface area contributed by atoms with Crippen molar-refractivity contribution in [3.05, 3.63) is 57.9 Å². The molecule has 1 aromatic carbocycles. The molecule has 0 unspecified atom stereocenters. The molecule has 0 spiro atoms. The van der Waals surface area contributed by atoms with Crippen LogP contribution in [-0.2, 0) is 16.1 Å². The Morgan fingerprint density at radius 1 is 1.24 bits per heavy atom. The lowest BCUT2D eigenvalue weighted by Crippen LogP contribution is -2.28. The van der Waals surface area contributed by atoms with Crippen molar-refractivity contribution in [2.45, 2.75) is 20.4 Å². The third-order valence-electron chi connectivity index (χ3n) is 3.46. The molecule has 2 aromatic rings. The van der Waals surface area contributed by atoms with E-state index in [9.17, 15) is 9.59 Å². The monoisotopic (exact) mass is 362 g/mol. The van der Waals surface area contributed by atoms with E-state index >= 15 is 0 Å². The van der Waals surface area contributed by atoms with E-state index in [1.165, 1.54) is 0 Å². The molecule has 0 aliphatic rings. The van der Waals surface area contributed by atoms with Gasteiger partial charge in [0.2, 0.25) is 0 Å². The third-order valence-corrected chi connectivity index (χ3v) is 3.74. The zero-order valence-corrected chi connectivity index (χ0v) is 15.0. The van der Waals surface area contributed by atoms with E-state index in [0.29, 0.717) is 23.6 Å². The third kappa shape index (κ3) is 5.19. The summed E-state index contributed by atoms with van der Waals surface area (Å²) in [5.41, 5.74) is 2.41. The predicted molar refractivity (Wildman–Crippen MR) is 93.8 cm³/mol. The lowest BCUT2D eigenvalue weighted by atomic mass is 10.1. The van der Waals surface area contributed by atoms with Crippen LogP contribution in [0.5, 0.6) is 5.75 Å². The number of methoxy groups -OCH3 is 1. The van der Waals surface area contributed by atoms with E-state index < -0.39 is 18.5 Å². The lowest BCUT2D eigenvalue weighted by Gasteiger charge is -2.10. The Labute approximate surface area is 151 Å². The minimum absolute atomic E-state index is 0.0688. The van der Waals surface area contributed by atoms with Crippen LogP contribution in [0.4, 0.5) is 0 Å². The summed E-state index contributed by atoms with van der Waals surface area (Å²) >= 11 is 5.99. The summed E-state index contributed by atoms with van der Waals surface area (Å²) in [6, 6.07) is 9.04. The molecule has 0 aliphatic heterocycles. The van der Waals surface area contributed by atoms with Crippen LogP contribution in [0.2, 0.25) is 5.15 Å². The fourth-order valence-electron chi connectivity index (χ4n) is 2.27. The first-order valence-corrected chi connectivity index (χ1v) is 7.99. The molecule has 0 fully saturated rings. The van der Waals surface area contributed by atoms with Gasteiger partial charge in [0.05, 0.1) is 12.7 Å². The van der Waals surface area contributed by atoms with Crippen molar-refractivity contribution in [3.8, 4) is 5.75 Å². The molecule has 132 valence electrons. The molecule has 25 heavy (non-hydrogen) atoms. The van der Waals surface area contributed by atoms with Gasteiger partial charge in [-0.3, -0.25) is 4.79 Å². The number of aryl methyl sites for hydroxylation is 2. The van der Waals surface area contributed by atoms with Gasteiger partial charge in [0.1, 0.15) is 10.9 Å². The van der Waals surface area contributed by atoms with E-state index in [4.69, 9.17) is 21.1 Å². The number of halogens is 1. The smallest absolute Gasteiger partial charge is 0.342 e. The van der Waals surface area contributed by atoms with Gasteiger partial charge in [-0.25, -0.2) is 9.78 Å². The predicted octanol–water partition coefficient (Wildman–Crippen LogP) is 2.83. The number of nitrogens with one attached hydrogen (secondary N) is 1. The van der Waals surface area contributed by atoms with Crippen molar-refractivity contribution >= 4 is 23.5 Å². The molecular formula is C18H19ClN2O4. The molecule has 0 radical (unpaired) electrons. The number of amides is 1. The number of hydrogen-bond acceptors (Lipinski definition) is 5. The topological polar surface area (TPSA) is 77.5 Å². The van der Waals surface area contributed by atoms with Crippen molar-refractivity contribution in [2.75, 3.05) is 13.7 Å². The fraction of sp³-hybridized carbons (Fsp3) is 0.278. The molecule has 0 saturated carbocycles. The molecular weight excluding hydrogens is 344 g/mol. The summed E-state index contributed by atoms with van der Waals surface area (Å²) in [4.78, 5) is 28.0. The first-order chi connectivity index (χ1) is 11.9. The first-order valence-electron chi connectivity index (χ1n) is 7.61. The van der Waals surface area contributed by atoms with Crippen LogP contribution in [0.15, 0.2) is 30.3 Å². The number of aromatic nitrogens is 1. The van der Waals surface area contributed by atoms with Gasteiger partial charge in [0.15, 0.2) is 6.61 Å².